The number of rotatable bonds is 5. The van der Waals surface area contributed by atoms with Crippen LogP contribution in [0, 0.1) is 12.7 Å². The van der Waals surface area contributed by atoms with E-state index in [1.54, 1.807) is 38.2 Å². The van der Waals surface area contributed by atoms with Crippen LogP contribution in [0.2, 0.25) is 0 Å². The van der Waals surface area contributed by atoms with Crippen LogP contribution < -0.4 is 9.62 Å². The SMILES string of the molecule is Cc1ccc(C(=O)N(C)c2ccccc2)cc1S(=O)(=O)Nc1ccc(F)cc1. The van der Waals surface area contributed by atoms with Gasteiger partial charge in [0, 0.05) is 24.0 Å². The monoisotopic (exact) mass is 398 g/mol. The number of sulfonamides is 1. The van der Waals surface area contributed by atoms with Crippen molar-refractivity contribution < 1.29 is 17.6 Å². The summed E-state index contributed by atoms with van der Waals surface area (Å²) in [6, 6.07) is 18.6. The minimum Gasteiger partial charge on any atom is -0.311 e. The molecule has 0 saturated carbocycles. The average Bonchev–Trinajstić information content (AvgIpc) is 2.69. The first-order valence-corrected chi connectivity index (χ1v) is 9.98. The molecule has 0 saturated heterocycles. The van der Waals surface area contributed by atoms with Crippen LogP contribution in [0.3, 0.4) is 0 Å². The van der Waals surface area contributed by atoms with Gasteiger partial charge in [0.05, 0.1) is 4.90 Å². The van der Waals surface area contributed by atoms with Crippen molar-refractivity contribution in [3.63, 3.8) is 0 Å². The van der Waals surface area contributed by atoms with E-state index in [1.165, 1.54) is 35.2 Å². The topological polar surface area (TPSA) is 66.5 Å². The van der Waals surface area contributed by atoms with Gasteiger partial charge < -0.3 is 4.90 Å². The van der Waals surface area contributed by atoms with Crippen LogP contribution in [-0.2, 0) is 10.0 Å². The predicted molar refractivity (Wildman–Crippen MR) is 108 cm³/mol. The minimum absolute atomic E-state index is 0.0101. The molecule has 0 fully saturated rings. The number of halogens is 1. The van der Waals surface area contributed by atoms with Gasteiger partial charge in [0.25, 0.3) is 15.9 Å². The quantitative estimate of drug-likeness (QED) is 0.700. The molecule has 0 aliphatic heterocycles. The van der Waals surface area contributed by atoms with Crippen LogP contribution in [0.1, 0.15) is 15.9 Å². The van der Waals surface area contributed by atoms with Gasteiger partial charge in [0.2, 0.25) is 0 Å². The zero-order valence-electron chi connectivity index (χ0n) is 15.4. The van der Waals surface area contributed by atoms with Gasteiger partial charge in [-0.1, -0.05) is 24.3 Å². The van der Waals surface area contributed by atoms with Crippen LogP contribution >= 0.6 is 0 Å². The molecule has 28 heavy (non-hydrogen) atoms. The zero-order valence-corrected chi connectivity index (χ0v) is 16.2. The number of nitrogens with zero attached hydrogens (tertiary/aromatic N) is 1. The lowest BCUT2D eigenvalue weighted by Crippen LogP contribution is -2.26. The lowest BCUT2D eigenvalue weighted by molar-refractivity contribution is 0.0993. The second kappa shape index (κ2) is 7.82. The van der Waals surface area contributed by atoms with E-state index in [4.69, 9.17) is 0 Å². The number of para-hydroxylation sites is 1. The number of benzene rings is 3. The van der Waals surface area contributed by atoms with Gasteiger partial charge in [-0.25, -0.2) is 12.8 Å². The molecule has 0 aliphatic rings. The Morgan fingerprint density at radius 1 is 0.964 bits per heavy atom. The lowest BCUT2D eigenvalue weighted by Gasteiger charge is -2.18. The molecule has 3 rings (SSSR count). The third-order valence-corrected chi connectivity index (χ3v) is 5.79. The number of nitrogens with one attached hydrogen (secondary N) is 1. The number of anilines is 2. The van der Waals surface area contributed by atoms with Crippen LogP contribution in [0.15, 0.2) is 77.7 Å². The second-order valence-electron chi connectivity index (χ2n) is 6.29. The maximum Gasteiger partial charge on any atom is 0.262 e. The van der Waals surface area contributed by atoms with Crippen molar-refractivity contribution in [3.8, 4) is 0 Å². The number of aryl methyl sites for hydroxylation is 1. The molecule has 0 aliphatic carbocycles. The molecular formula is C21H19FN2O3S. The molecule has 0 spiro atoms. The average molecular weight is 398 g/mol. The van der Waals surface area contributed by atoms with Crippen molar-refractivity contribution in [2.24, 2.45) is 0 Å². The molecule has 7 heteroatoms. The minimum atomic E-state index is -3.95. The predicted octanol–water partition coefficient (Wildman–Crippen LogP) is 4.21. The molecule has 0 bridgehead atoms. The second-order valence-corrected chi connectivity index (χ2v) is 7.94. The Kier molecular flexibility index (Phi) is 5.46. The van der Waals surface area contributed by atoms with E-state index in [2.05, 4.69) is 4.72 Å². The third kappa shape index (κ3) is 4.20. The number of hydrogen-bond acceptors (Lipinski definition) is 3. The fraction of sp³-hybridized carbons (Fsp3) is 0.0952. The molecule has 0 radical (unpaired) electrons. The lowest BCUT2D eigenvalue weighted by atomic mass is 10.1. The Balaban J connectivity index is 1.92. The molecule has 0 aromatic heterocycles. The summed E-state index contributed by atoms with van der Waals surface area (Å²) in [5.74, 6) is -0.792. The van der Waals surface area contributed by atoms with Crippen LogP contribution in [0.5, 0.6) is 0 Å². The summed E-state index contributed by atoms with van der Waals surface area (Å²) >= 11 is 0. The van der Waals surface area contributed by atoms with E-state index in [1.807, 2.05) is 18.2 Å². The highest BCUT2D eigenvalue weighted by Crippen LogP contribution is 2.23. The van der Waals surface area contributed by atoms with Gasteiger partial charge in [-0.2, -0.15) is 0 Å². The van der Waals surface area contributed by atoms with E-state index in [0.717, 1.165) is 0 Å². The van der Waals surface area contributed by atoms with Gasteiger partial charge in [-0.15, -0.1) is 0 Å². The summed E-state index contributed by atoms with van der Waals surface area (Å²) in [4.78, 5) is 14.2. The van der Waals surface area contributed by atoms with Gasteiger partial charge >= 0.3 is 0 Å². The Bertz CT molecular complexity index is 1100. The van der Waals surface area contributed by atoms with E-state index >= 15 is 0 Å². The van der Waals surface area contributed by atoms with Gasteiger partial charge in [-0.3, -0.25) is 9.52 Å². The maximum absolute atomic E-state index is 13.0. The maximum atomic E-state index is 13.0. The first-order chi connectivity index (χ1) is 13.3. The first kappa shape index (κ1) is 19.6. The molecule has 1 amide bonds. The van der Waals surface area contributed by atoms with Crippen LogP contribution in [0.25, 0.3) is 0 Å². The molecule has 1 N–H and O–H groups in total. The fourth-order valence-electron chi connectivity index (χ4n) is 2.71. The fourth-order valence-corrected chi connectivity index (χ4v) is 4.04. The summed E-state index contributed by atoms with van der Waals surface area (Å²) < 4.78 is 41.0. The van der Waals surface area contributed by atoms with Crippen molar-refractivity contribution >= 4 is 27.3 Å². The molecule has 0 heterocycles. The summed E-state index contributed by atoms with van der Waals surface area (Å²) in [6.07, 6.45) is 0. The van der Waals surface area contributed by atoms with Gasteiger partial charge in [0.15, 0.2) is 0 Å². The third-order valence-electron chi connectivity index (χ3n) is 4.27. The van der Waals surface area contributed by atoms with E-state index in [-0.39, 0.29) is 22.1 Å². The van der Waals surface area contributed by atoms with Crippen molar-refractivity contribution in [3.05, 3.63) is 89.7 Å². The molecule has 0 unspecified atom stereocenters. The van der Waals surface area contributed by atoms with Crippen LogP contribution in [0.4, 0.5) is 15.8 Å². The van der Waals surface area contributed by atoms with E-state index in [9.17, 15) is 17.6 Å². The number of hydrogen-bond donors (Lipinski definition) is 1. The largest absolute Gasteiger partial charge is 0.311 e. The van der Waals surface area contributed by atoms with E-state index in [0.29, 0.717) is 11.3 Å². The molecule has 144 valence electrons. The van der Waals surface area contributed by atoms with Crippen molar-refractivity contribution in [1.29, 1.82) is 0 Å². The van der Waals surface area contributed by atoms with E-state index < -0.39 is 15.8 Å². The standard InChI is InChI=1S/C21H19FN2O3S/c1-15-8-9-16(21(25)24(2)19-6-4-3-5-7-19)14-20(15)28(26,27)23-18-12-10-17(22)11-13-18/h3-14,23H,1-2H3. The van der Waals surface area contributed by atoms with Gasteiger partial charge in [-0.05, 0) is 61.0 Å². The number of carbonyl (C=O) groups is 1. The normalized spacial score (nSPS) is 11.1. The highest BCUT2D eigenvalue weighted by atomic mass is 32.2. The summed E-state index contributed by atoms with van der Waals surface area (Å²) in [7, 11) is -2.32. The first-order valence-electron chi connectivity index (χ1n) is 8.50. The number of carbonyl (C=O) groups excluding carboxylic acids is 1. The molecule has 0 atom stereocenters. The highest BCUT2D eigenvalue weighted by Gasteiger charge is 2.21. The van der Waals surface area contributed by atoms with Crippen molar-refractivity contribution in [2.45, 2.75) is 11.8 Å². The Hall–Kier alpha value is -3.19. The Morgan fingerprint density at radius 3 is 2.25 bits per heavy atom. The summed E-state index contributed by atoms with van der Waals surface area (Å²) in [6.45, 7) is 1.65. The van der Waals surface area contributed by atoms with Crippen molar-refractivity contribution in [1.82, 2.24) is 0 Å². The number of amides is 1. The molecule has 5 nitrogen and oxygen atoms in total. The Labute approximate surface area is 163 Å². The molecular weight excluding hydrogens is 379 g/mol. The van der Waals surface area contributed by atoms with Crippen molar-refractivity contribution in [2.75, 3.05) is 16.7 Å². The highest BCUT2D eigenvalue weighted by molar-refractivity contribution is 7.92. The van der Waals surface area contributed by atoms with Crippen LogP contribution in [-0.4, -0.2) is 21.4 Å². The summed E-state index contributed by atoms with van der Waals surface area (Å²) in [5.41, 5.74) is 1.67. The van der Waals surface area contributed by atoms with Gasteiger partial charge in [0.1, 0.15) is 5.82 Å². The Morgan fingerprint density at radius 2 is 1.61 bits per heavy atom. The summed E-state index contributed by atoms with van der Waals surface area (Å²) in [5, 5.41) is 0. The molecule has 3 aromatic rings. The molecule has 3 aromatic carbocycles. The smallest absolute Gasteiger partial charge is 0.262 e. The zero-order chi connectivity index (χ0) is 20.3.